The number of rotatable bonds is 7. The van der Waals surface area contributed by atoms with Crippen molar-refractivity contribution in [3.05, 3.63) is 59.7 Å². The van der Waals surface area contributed by atoms with Gasteiger partial charge < -0.3 is 10.1 Å². The van der Waals surface area contributed by atoms with Crippen molar-refractivity contribution in [2.24, 2.45) is 0 Å². The topological polar surface area (TPSA) is 55.4 Å². The second-order valence-corrected chi connectivity index (χ2v) is 7.37. The SMILES string of the molecule is Cc1ccc(NC(=O)C[S@](=O)Cc2ccccc2OC(C)C)cc1. The van der Waals surface area contributed by atoms with E-state index in [0.29, 0.717) is 11.4 Å². The van der Waals surface area contributed by atoms with Crippen molar-refractivity contribution in [1.82, 2.24) is 0 Å². The third-order valence-electron chi connectivity index (χ3n) is 3.28. The average Bonchev–Trinajstić information content (AvgIpc) is 2.51. The van der Waals surface area contributed by atoms with Gasteiger partial charge in [0.15, 0.2) is 0 Å². The van der Waals surface area contributed by atoms with Crippen LogP contribution in [0.2, 0.25) is 0 Å². The highest BCUT2D eigenvalue weighted by molar-refractivity contribution is 7.85. The van der Waals surface area contributed by atoms with Crippen molar-refractivity contribution in [3.8, 4) is 5.75 Å². The van der Waals surface area contributed by atoms with E-state index in [2.05, 4.69) is 5.32 Å². The Morgan fingerprint density at radius 2 is 1.79 bits per heavy atom. The minimum Gasteiger partial charge on any atom is -0.491 e. The Kier molecular flexibility index (Phi) is 6.55. The van der Waals surface area contributed by atoms with Gasteiger partial charge in [-0.2, -0.15) is 0 Å². The summed E-state index contributed by atoms with van der Waals surface area (Å²) in [5.41, 5.74) is 2.69. The lowest BCUT2D eigenvalue weighted by atomic mass is 10.2. The number of para-hydroxylation sites is 1. The molecule has 128 valence electrons. The molecule has 0 unspecified atom stereocenters. The van der Waals surface area contributed by atoms with E-state index in [1.54, 1.807) is 0 Å². The monoisotopic (exact) mass is 345 g/mol. The Balaban J connectivity index is 1.93. The summed E-state index contributed by atoms with van der Waals surface area (Å²) in [5, 5.41) is 2.77. The van der Waals surface area contributed by atoms with Crippen molar-refractivity contribution in [3.63, 3.8) is 0 Å². The fourth-order valence-electron chi connectivity index (χ4n) is 2.20. The molecule has 0 radical (unpaired) electrons. The molecule has 0 aliphatic carbocycles. The molecule has 1 N–H and O–H groups in total. The number of aryl methyl sites for hydroxylation is 1. The first-order chi connectivity index (χ1) is 11.4. The molecule has 0 saturated heterocycles. The largest absolute Gasteiger partial charge is 0.491 e. The van der Waals surface area contributed by atoms with Crippen molar-refractivity contribution >= 4 is 22.4 Å². The molecule has 2 aromatic rings. The van der Waals surface area contributed by atoms with Gasteiger partial charge in [0.25, 0.3) is 0 Å². The molecule has 2 aromatic carbocycles. The lowest BCUT2D eigenvalue weighted by molar-refractivity contribution is -0.113. The molecule has 0 heterocycles. The van der Waals surface area contributed by atoms with Crippen LogP contribution in [0.15, 0.2) is 48.5 Å². The molecule has 24 heavy (non-hydrogen) atoms. The quantitative estimate of drug-likeness (QED) is 0.833. The average molecular weight is 345 g/mol. The number of carbonyl (C=O) groups is 1. The minimum absolute atomic E-state index is 0.0378. The third-order valence-corrected chi connectivity index (χ3v) is 4.50. The first-order valence-electron chi connectivity index (χ1n) is 7.90. The van der Waals surface area contributed by atoms with Crippen LogP contribution in [0, 0.1) is 6.92 Å². The van der Waals surface area contributed by atoms with Crippen molar-refractivity contribution in [2.45, 2.75) is 32.6 Å². The molecule has 1 amide bonds. The van der Waals surface area contributed by atoms with E-state index >= 15 is 0 Å². The molecule has 1 atom stereocenters. The molecule has 0 saturated carbocycles. The van der Waals surface area contributed by atoms with E-state index in [9.17, 15) is 9.00 Å². The smallest absolute Gasteiger partial charge is 0.237 e. The van der Waals surface area contributed by atoms with Gasteiger partial charge in [-0.1, -0.05) is 35.9 Å². The standard InChI is InChI=1S/C19H23NO3S/c1-14(2)23-18-7-5-4-6-16(18)12-24(22)13-19(21)20-17-10-8-15(3)9-11-17/h4-11,14H,12-13H2,1-3H3,(H,20,21)/t24-/m1/s1. The van der Waals surface area contributed by atoms with E-state index in [1.807, 2.05) is 69.3 Å². The summed E-state index contributed by atoms with van der Waals surface area (Å²) in [6.07, 6.45) is 0.0458. The highest BCUT2D eigenvalue weighted by atomic mass is 32.2. The third kappa shape index (κ3) is 5.81. The molecule has 4 nitrogen and oxygen atoms in total. The Hall–Kier alpha value is -2.14. The van der Waals surface area contributed by atoms with Crippen LogP contribution in [0.1, 0.15) is 25.0 Å². The van der Waals surface area contributed by atoms with Crippen LogP contribution < -0.4 is 10.1 Å². The summed E-state index contributed by atoms with van der Waals surface area (Å²) in [5.74, 6) is 0.730. The molecule has 0 aliphatic rings. The predicted molar refractivity (Wildman–Crippen MR) is 98.7 cm³/mol. The first kappa shape index (κ1) is 18.2. The van der Waals surface area contributed by atoms with E-state index in [1.165, 1.54) is 0 Å². The number of hydrogen-bond acceptors (Lipinski definition) is 3. The molecule has 5 heteroatoms. The summed E-state index contributed by atoms with van der Waals surface area (Å²) in [4.78, 5) is 12.0. The zero-order valence-electron chi connectivity index (χ0n) is 14.2. The molecule has 0 aliphatic heterocycles. The lowest BCUT2D eigenvalue weighted by Crippen LogP contribution is -2.20. The molecule has 0 spiro atoms. The maximum Gasteiger partial charge on any atom is 0.237 e. The van der Waals surface area contributed by atoms with Gasteiger partial charge in [-0.25, -0.2) is 0 Å². The van der Waals surface area contributed by atoms with Gasteiger partial charge >= 0.3 is 0 Å². The van der Waals surface area contributed by atoms with Crippen LogP contribution in [0.5, 0.6) is 5.75 Å². The van der Waals surface area contributed by atoms with Crippen LogP contribution in [0.4, 0.5) is 5.69 Å². The van der Waals surface area contributed by atoms with Crippen LogP contribution >= 0.6 is 0 Å². The Labute approximate surface area is 145 Å². The second kappa shape index (κ2) is 8.64. The number of carbonyl (C=O) groups excluding carboxylic acids is 1. The number of hydrogen-bond donors (Lipinski definition) is 1. The number of benzene rings is 2. The van der Waals surface area contributed by atoms with E-state index < -0.39 is 10.8 Å². The zero-order chi connectivity index (χ0) is 17.5. The van der Waals surface area contributed by atoms with Gasteiger partial charge in [0.05, 0.1) is 11.9 Å². The van der Waals surface area contributed by atoms with Crippen molar-refractivity contribution < 1.29 is 13.7 Å². The number of anilines is 1. The molecule has 0 aromatic heterocycles. The fraction of sp³-hybridized carbons (Fsp3) is 0.316. The van der Waals surface area contributed by atoms with Gasteiger partial charge in [0.2, 0.25) is 5.91 Å². The summed E-state index contributed by atoms with van der Waals surface area (Å²) < 4.78 is 18.0. The molecule has 0 fully saturated rings. The highest BCUT2D eigenvalue weighted by Crippen LogP contribution is 2.21. The van der Waals surface area contributed by atoms with Crippen molar-refractivity contribution in [2.75, 3.05) is 11.1 Å². The van der Waals surface area contributed by atoms with Gasteiger partial charge in [-0.05, 0) is 39.0 Å². The summed E-state index contributed by atoms with van der Waals surface area (Å²) >= 11 is 0. The van der Waals surface area contributed by atoms with Crippen LogP contribution in [-0.4, -0.2) is 22.0 Å². The number of ether oxygens (including phenoxy) is 1. The predicted octanol–water partition coefficient (Wildman–Crippen LogP) is 3.67. The van der Waals surface area contributed by atoms with E-state index in [-0.39, 0.29) is 17.8 Å². The maximum atomic E-state index is 12.3. The normalized spacial score (nSPS) is 12.0. The number of amides is 1. The number of nitrogens with one attached hydrogen (secondary N) is 1. The lowest BCUT2D eigenvalue weighted by Gasteiger charge is -2.14. The molecule has 0 bridgehead atoms. The maximum absolute atomic E-state index is 12.3. The van der Waals surface area contributed by atoms with Gasteiger partial charge in [-0.15, -0.1) is 0 Å². The summed E-state index contributed by atoms with van der Waals surface area (Å²) in [6.45, 7) is 5.88. The van der Waals surface area contributed by atoms with Gasteiger partial charge in [0.1, 0.15) is 11.5 Å². The van der Waals surface area contributed by atoms with Crippen LogP contribution in [0.25, 0.3) is 0 Å². The Morgan fingerprint density at radius 1 is 1.12 bits per heavy atom. The van der Waals surface area contributed by atoms with E-state index in [4.69, 9.17) is 4.74 Å². The Bertz CT molecular complexity index is 711. The fourth-order valence-corrected chi connectivity index (χ4v) is 3.25. The summed E-state index contributed by atoms with van der Waals surface area (Å²) in [6, 6.07) is 15.0. The second-order valence-electron chi connectivity index (χ2n) is 5.92. The molecular formula is C19H23NO3S. The minimum atomic E-state index is -1.30. The van der Waals surface area contributed by atoms with Crippen LogP contribution in [0.3, 0.4) is 0 Å². The van der Waals surface area contributed by atoms with Crippen LogP contribution in [-0.2, 0) is 21.3 Å². The van der Waals surface area contributed by atoms with Gasteiger partial charge in [0, 0.05) is 22.1 Å². The van der Waals surface area contributed by atoms with E-state index in [0.717, 1.165) is 16.9 Å². The highest BCUT2D eigenvalue weighted by Gasteiger charge is 2.12. The van der Waals surface area contributed by atoms with Gasteiger partial charge in [-0.3, -0.25) is 9.00 Å². The first-order valence-corrected chi connectivity index (χ1v) is 9.39. The van der Waals surface area contributed by atoms with Crippen molar-refractivity contribution in [1.29, 1.82) is 0 Å². The molecular weight excluding hydrogens is 322 g/mol. The zero-order valence-corrected chi connectivity index (χ0v) is 15.1. The summed E-state index contributed by atoms with van der Waals surface area (Å²) in [7, 11) is -1.30. The Morgan fingerprint density at radius 3 is 2.46 bits per heavy atom. The molecule has 2 rings (SSSR count).